The first kappa shape index (κ1) is 13.3. The van der Waals surface area contributed by atoms with E-state index in [0.29, 0.717) is 12.2 Å². The number of rotatable bonds is 6. The molecule has 0 aliphatic heterocycles. The number of amides is 1. The Balaban J connectivity index is 2.46. The van der Waals surface area contributed by atoms with Crippen molar-refractivity contribution in [2.75, 3.05) is 18.1 Å². The van der Waals surface area contributed by atoms with Crippen molar-refractivity contribution in [1.29, 1.82) is 0 Å². The summed E-state index contributed by atoms with van der Waals surface area (Å²) in [6, 6.07) is 4.24. The zero-order valence-electron chi connectivity index (χ0n) is 10.3. The van der Waals surface area contributed by atoms with Crippen molar-refractivity contribution in [1.82, 2.24) is 0 Å². The monoisotopic (exact) mass is 265 g/mol. The Kier molecular flexibility index (Phi) is 3.66. The molecule has 0 atom stereocenters. The molecule has 1 aliphatic carbocycles. The van der Waals surface area contributed by atoms with Crippen LogP contribution < -0.4 is 10.6 Å². The summed E-state index contributed by atoms with van der Waals surface area (Å²) in [7, 11) is 0. The van der Waals surface area contributed by atoms with Crippen molar-refractivity contribution in [3.05, 3.63) is 33.9 Å². The minimum absolute atomic E-state index is 0.0784. The number of aliphatic hydroxyl groups excluding tert-OH is 1. The number of nitro benzene ring substituents is 1. The standard InChI is InChI=1S/C12H15N3O4/c13-12(17)8-1-4-10(15(18)19)11(7-8)14(5-6-16)9-2-3-9/h1,4,7,9,16H,2-3,5-6H2,(H2,13,17). The van der Waals surface area contributed by atoms with Crippen LogP contribution in [0.3, 0.4) is 0 Å². The molecule has 0 aromatic heterocycles. The van der Waals surface area contributed by atoms with E-state index in [4.69, 9.17) is 10.8 Å². The van der Waals surface area contributed by atoms with Crippen LogP contribution in [0.25, 0.3) is 0 Å². The first-order valence-corrected chi connectivity index (χ1v) is 6.00. The van der Waals surface area contributed by atoms with Gasteiger partial charge in [-0.15, -0.1) is 0 Å². The minimum atomic E-state index is -0.629. The maximum Gasteiger partial charge on any atom is 0.292 e. The number of carbonyl (C=O) groups is 1. The Hall–Kier alpha value is -2.15. The molecule has 102 valence electrons. The molecule has 0 bridgehead atoms. The number of nitrogens with zero attached hydrogens (tertiary/aromatic N) is 2. The third kappa shape index (κ3) is 2.82. The van der Waals surface area contributed by atoms with Gasteiger partial charge in [-0.25, -0.2) is 0 Å². The van der Waals surface area contributed by atoms with Crippen molar-refractivity contribution in [2.45, 2.75) is 18.9 Å². The number of hydrogen-bond acceptors (Lipinski definition) is 5. The highest BCUT2D eigenvalue weighted by Gasteiger charge is 2.33. The van der Waals surface area contributed by atoms with Gasteiger partial charge in [0.1, 0.15) is 5.69 Å². The summed E-state index contributed by atoms with van der Waals surface area (Å²) < 4.78 is 0. The summed E-state index contributed by atoms with van der Waals surface area (Å²) in [4.78, 5) is 23.5. The predicted octanol–water partition coefficient (Wildman–Crippen LogP) is 0.655. The fourth-order valence-electron chi connectivity index (χ4n) is 2.05. The molecule has 1 saturated carbocycles. The predicted molar refractivity (Wildman–Crippen MR) is 69.1 cm³/mol. The van der Waals surface area contributed by atoms with E-state index in [1.165, 1.54) is 18.2 Å². The molecule has 3 N–H and O–H groups in total. The van der Waals surface area contributed by atoms with Gasteiger partial charge in [0.15, 0.2) is 0 Å². The van der Waals surface area contributed by atoms with Crippen molar-refractivity contribution >= 4 is 17.3 Å². The second-order valence-corrected chi connectivity index (χ2v) is 4.47. The Bertz CT molecular complexity index is 514. The molecule has 1 aromatic rings. The highest BCUT2D eigenvalue weighted by Crippen LogP contribution is 2.37. The van der Waals surface area contributed by atoms with E-state index in [1.54, 1.807) is 4.90 Å². The number of anilines is 1. The molecule has 0 heterocycles. The first-order valence-electron chi connectivity index (χ1n) is 6.00. The van der Waals surface area contributed by atoms with Gasteiger partial charge in [-0.2, -0.15) is 0 Å². The fourth-order valence-corrected chi connectivity index (χ4v) is 2.05. The Morgan fingerprint density at radius 3 is 2.68 bits per heavy atom. The third-order valence-electron chi connectivity index (χ3n) is 3.09. The molecule has 2 rings (SSSR count). The van der Waals surface area contributed by atoms with Crippen molar-refractivity contribution in [3.8, 4) is 0 Å². The molecule has 7 nitrogen and oxygen atoms in total. The summed E-state index contributed by atoms with van der Waals surface area (Å²) in [5.41, 5.74) is 5.69. The largest absolute Gasteiger partial charge is 0.395 e. The van der Waals surface area contributed by atoms with Crippen molar-refractivity contribution < 1.29 is 14.8 Å². The highest BCUT2D eigenvalue weighted by atomic mass is 16.6. The Morgan fingerprint density at radius 1 is 1.53 bits per heavy atom. The average molecular weight is 265 g/mol. The van der Waals surface area contributed by atoms with E-state index >= 15 is 0 Å². The first-order chi connectivity index (χ1) is 9.04. The topological polar surface area (TPSA) is 110 Å². The lowest BCUT2D eigenvalue weighted by Crippen LogP contribution is -2.30. The summed E-state index contributed by atoms with van der Waals surface area (Å²) in [6.45, 7) is 0.197. The molecule has 7 heteroatoms. The van der Waals surface area contributed by atoms with E-state index in [1.807, 2.05) is 0 Å². The molecule has 19 heavy (non-hydrogen) atoms. The zero-order chi connectivity index (χ0) is 14.0. The number of nitrogens with two attached hydrogens (primary N) is 1. The van der Waals surface area contributed by atoms with Gasteiger partial charge in [0, 0.05) is 24.2 Å². The maximum absolute atomic E-state index is 11.2. The van der Waals surface area contributed by atoms with E-state index in [0.717, 1.165) is 12.8 Å². The SMILES string of the molecule is NC(=O)c1ccc([N+](=O)[O-])c(N(CCO)C2CC2)c1. The van der Waals surface area contributed by atoms with Gasteiger partial charge < -0.3 is 15.7 Å². The molecular weight excluding hydrogens is 250 g/mol. The molecule has 0 spiro atoms. The zero-order valence-corrected chi connectivity index (χ0v) is 10.3. The van der Waals surface area contributed by atoms with Crippen LogP contribution in [0.15, 0.2) is 18.2 Å². The molecule has 0 unspecified atom stereocenters. The summed E-state index contributed by atoms with van der Waals surface area (Å²) >= 11 is 0. The van der Waals surface area contributed by atoms with Crippen LogP contribution in [0.2, 0.25) is 0 Å². The molecule has 1 fully saturated rings. The number of hydrogen-bond donors (Lipinski definition) is 2. The second kappa shape index (κ2) is 5.23. The maximum atomic E-state index is 11.2. The van der Waals surface area contributed by atoms with Gasteiger partial charge in [-0.1, -0.05) is 0 Å². The number of primary amides is 1. The molecule has 1 aromatic carbocycles. The quantitative estimate of drug-likeness (QED) is 0.579. The summed E-state index contributed by atoms with van der Waals surface area (Å²) in [5, 5.41) is 20.1. The normalized spacial score (nSPS) is 14.2. The number of benzene rings is 1. The van der Waals surface area contributed by atoms with Crippen LogP contribution >= 0.6 is 0 Å². The lowest BCUT2D eigenvalue weighted by molar-refractivity contribution is -0.384. The average Bonchev–Trinajstić information content (AvgIpc) is 3.19. The highest BCUT2D eigenvalue weighted by molar-refractivity contribution is 5.94. The number of aliphatic hydroxyl groups is 1. The van der Waals surface area contributed by atoms with Gasteiger partial charge in [-0.3, -0.25) is 14.9 Å². The van der Waals surface area contributed by atoms with E-state index in [-0.39, 0.29) is 23.9 Å². The van der Waals surface area contributed by atoms with Crippen LogP contribution in [-0.2, 0) is 0 Å². The van der Waals surface area contributed by atoms with Crippen LogP contribution in [0.1, 0.15) is 23.2 Å². The van der Waals surface area contributed by atoms with Gasteiger partial charge >= 0.3 is 0 Å². The van der Waals surface area contributed by atoms with Crippen molar-refractivity contribution in [2.24, 2.45) is 5.73 Å². The summed E-state index contributed by atoms with van der Waals surface area (Å²) in [6.07, 6.45) is 1.86. The molecular formula is C12H15N3O4. The van der Waals surface area contributed by atoms with Crippen LogP contribution in [0, 0.1) is 10.1 Å². The van der Waals surface area contributed by atoms with Crippen LogP contribution in [0.5, 0.6) is 0 Å². The van der Waals surface area contributed by atoms with Gasteiger partial charge in [0.05, 0.1) is 11.5 Å². The fraction of sp³-hybridized carbons (Fsp3) is 0.417. The van der Waals surface area contributed by atoms with E-state index in [9.17, 15) is 14.9 Å². The number of carbonyl (C=O) groups excluding carboxylic acids is 1. The van der Waals surface area contributed by atoms with E-state index < -0.39 is 10.8 Å². The molecule has 0 radical (unpaired) electrons. The Morgan fingerprint density at radius 2 is 2.21 bits per heavy atom. The van der Waals surface area contributed by atoms with Crippen LogP contribution in [0.4, 0.5) is 11.4 Å². The third-order valence-corrected chi connectivity index (χ3v) is 3.09. The molecule has 1 aliphatic rings. The lowest BCUT2D eigenvalue weighted by atomic mass is 10.1. The van der Waals surface area contributed by atoms with Gasteiger partial charge in [0.25, 0.3) is 5.69 Å². The van der Waals surface area contributed by atoms with Crippen molar-refractivity contribution in [3.63, 3.8) is 0 Å². The molecule has 1 amide bonds. The van der Waals surface area contributed by atoms with Gasteiger partial charge in [-0.05, 0) is 25.0 Å². The number of nitro groups is 1. The van der Waals surface area contributed by atoms with E-state index in [2.05, 4.69) is 0 Å². The molecule has 0 saturated heterocycles. The minimum Gasteiger partial charge on any atom is -0.395 e. The van der Waals surface area contributed by atoms with Gasteiger partial charge in [0.2, 0.25) is 5.91 Å². The second-order valence-electron chi connectivity index (χ2n) is 4.47. The van der Waals surface area contributed by atoms with Crippen LogP contribution in [-0.4, -0.2) is 35.1 Å². The smallest absolute Gasteiger partial charge is 0.292 e. The summed E-state index contributed by atoms with van der Waals surface area (Å²) in [5.74, 6) is -0.629. The Labute approximate surface area is 109 Å². The lowest BCUT2D eigenvalue weighted by Gasteiger charge is -2.23.